The van der Waals surface area contributed by atoms with Gasteiger partial charge in [0.05, 0.1) is 23.1 Å². The van der Waals surface area contributed by atoms with Gasteiger partial charge in [0.2, 0.25) is 5.91 Å². The number of fused-ring (bicyclic) bond motifs is 1. The van der Waals surface area contributed by atoms with Crippen molar-refractivity contribution >= 4 is 17.7 Å². The zero-order valence-electron chi connectivity index (χ0n) is 15.3. The smallest absolute Gasteiger partial charge is 0.277 e. The van der Waals surface area contributed by atoms with Crippen LogP contribution in [0.5, 0.6) is 0 Å². The Labute approximate surface area is 161 Å². The normalized spacial score (nSPS) is 17.3. The summed E-state index contributed by atoms with van der Waals surface area (Å²) in [5.41, 5.74) is 3.32. The summed E-state index contributed by atoms with van der Waals surface area (Å²) in [4.78, 5) is 12.7. The quantitative estimate of drug-likeness (QED) is 0.661. The van der Waals surface area contributed by atoms with Crippen LogP contribution < -0.4 is 5.32 Å². The molecule has 4 rings (SSSR count). The number of nitrogens with one attached hydrogen (secondary N) is 1. The molecule has 3 aromatic rings. The summed E-state index contributed by atoms with van der Waals surface area (Å²) < 4.78 is 10.9. The number of amides is 1. The molecule has 0 saturated heterocycles. The maximum Gasteiger partial charge on any atom is 0.277 e. The molecule has 2 atom stereocenters. The molecule has 7 heteroatoms. The third-order valence-electron chi connectivity index (χ3n) is 4.83. The number of carbonyl (C=O) groups is 1. The molecule has 0 spiro atoms. The van der Waals surface area contributed by atoms with Gasteiger partial charge in [-0.1, -0.05) is 36.0 Å². The molecule has 27 heavy (non-hydrogen) atoms. The Morgan fingerprint density at radius 2 is 2.15 bits per heavy atom. The van der Waals surface area contributed by atoms with Gasteiger partial charge in [0, 0.05) is 0 Å². The Morgan fingerprint density at radius 1 is 1.30 bits per heavy atom. The van der Waals surface area contributed by atoms with Crippen molar-refractivity contribution in [3.8, 4) is 11.5 Å². The number of hydrogen-bond donors (Lipinski definition) is 1. The number of furan rings is 1. The Kier molecular flexibility index (Phi) is 5.03. The van der Waals surface area contributed by atoms with E-state index in [0.717, 1.165) is 30.6 Å². The fourth-order valence-corrected chi connectivity index (χ4v) is 4.06. The minimum absolute atomic E-state index is 0.0269. The predicted octanol–water partition coefficient (Wildman–Crippen LogP) is 4.31. The second-order valence-corrected chi connectivity index (χ2v) is 7.97. The largest absolute Gasteiger partial charge is 0.469 e. The van der Waals surface area contributed by atoms with E-state index in [2.05, 4.69) is 33.7 Å². The minimum atomic E-state index is -0.335. The maximum absolute atomic E-state index is 12.7. The Balaban J connectivity index is 1.41. The molecule has 1 aliphatic rings. The van der Waals surface area contributed by atoms with Crippen LogP contribution in [0.2, 0.25) is 0 Å². The Hall–Kier alpha value is -2.54. The molecule has 1 N–H and O–H groups in total. The Morgan fingerprint density at radius 3 is 2.96 bits per heavy atom. The van der Waals surface area contributed by atoms with E-state index in [1.54, 1.807) is 12.3 Å². The van der Waals surface area contributed by atoms with E-state index in [4.69, 9.17) is 8.83 Å². The van der Waals surface area contributed by atoms with Crippen LogP contribution in [0.3, 0.4) is 0 Å². The molecule has 140 valence electrons. The number of aromatic nitrogens is 2. The third-order valence-corrected chi connectivity index (χ3v) is 5.76. The number of hydrogen-bond acceptors (Lipinski definition) is 6. The zero-order chi connectivity index (χ0) is 18.8. The average Bonchev–Trinajstić information content (AvgIpc) is 3.30. The molecule has 0 radical (unpaired) electrons. The molecule has 6 nitrogen and oxygen atoms in total. The van der Waals surface area contributed by atoms with Gasteiger partial charge < -0.3 is 14.2 Å². The standard InChI is InChI=1S/C20H21N3O3S/c1-12-15(10-11-25-12)19-22-23-20(26-19)27-13(2)18(24)21-17-9-5-7-14-6-3-4-8-16(14)17/h3-4,6,8,10-11,13,17H,5,7,9H2,1-2H3,(H,21,24)/t13-,17+/m0/s1. The van der Waals surface area contributed by atoms with Crippen molar-refractivity contribution in [3.05, 3.63) is 53.5 Å². The molecule has 2 aromatic heterocycles. The molecular formula is C20H21N3O3S. The monoisotopic (exact) mass is 383 g/mol. The van der Waals surface area contributed by atoms with Crippen molar-refractivity contribution in [1.82, 2.24) is 15.5 Å². The van der Waals surface area contributed by atoms with Crippen LogP contribution in [0.15, 0.2) is 50.7 Å². The van der Waals surface area contributed by atoms with Crippen LogP contribution in [0.4, 0.5) is 0 Å². The lowest BCUT2D eigenvalue weighted by molar-refractivity contribution is -0.121. The lowest BCUT2D eigenvalue weighted by Gasteiger charge is -2.27. The van der Waals surface area contributed by atoms with E-state index in [1.165, 1.54) is 22.9 Å². The van der Waals surface area contributed by atoms with E-state index in [-0.39, 0.29) is 17.2 Å². The summed E-state index contributed by atoms with van der Waals surface area (Å²) >= 11 is 1.26. The van der Waals surface area contributed by atoms with Crippen molar-refractivity contribution in [2.75, 3.05) is 0 Å². The molecule has 0 bridgehead atoms. The number of rotatable bonds is 5. The second-order valence-electron chi connectivity index (χ2n) is 6.68. The van der Waals surface area contributed by atoms with Gasteiger partial charge in [-0.2, -0.15) is 0 Å². The van der Waals surface area contributed by atoms with Crippen LogP contribution in [-0.4, -0.2) is 21.4 Å². The lowest BCUT2D eigenvalue weighted by atomic mass is 9.88. The first kappa shape index (κ1) is 17.9. The third kappa shape index (κ3) is 3.78. The Bertz CT molecular complexity index is 949. The number of nitrogens with zero attached hydrogens (tertiary/aromatic N) is 2. The average molecular weight is 383 g/mol. The van der Waals surface area contributed by atoms with E-state index in [1.807, 2.05) is 19.9 Å². The highest BCUT2D eigenvalue weighted by Crippen LogP contribution is 2.31. The van der Waals surface area contributed by atoms with Gasteiger partial charge >= 0.3 is 0 Å². The van der Waals surface area contributed by atoms with Crippen molar-refractivity contribution in [2.24, 2.45) is 0 Å². The van der Waals surface area contributed by atoms with E-state index < -0.39 is 0 Å². The molecular weight excluding hydrogens is 362 g/mol. The van der Waals surface area contributed by atoms with Crippen molar-refractivity contribution in [2.45, 2.75) is 49.6 Å². The fourth-order valence-electron chi connectivity index (χ4n) is 3.37. The number of benzene rings is 1. The molecule has 0 aliphatic heterocycles. The van der Waals surface area contributed by atoms with Gasteiger partial charge in [0.25, 0.3) is 11.1 Å². The highest BCUT2D eigenvalue weighted by atomic mass is 32.2. The molecule has 2 heterocycles. The maximum atomic E-state index is 12.7. The number of thioether (sulfide) groups is 1. The zero-order valence-corrected chi connectivity index (χ0v) is 16.1. The van der Waals surface area contributed by atoms with Crippen LogP contribution in [0.1, 0.15) is 42.7 Å². The SMILES string of the molecule is Cc1occc1-c1nnc(S[C@@H](C)C(=O)N[C@@H]2CCCc3ccccc32)o1. The van der Waals surface area contributed by atoms with Crippen molar-refractivity contribution < 1.29 is 13.6 Å². The first-order chi connectivity index (χ1) is 13.1. The second kappa shape index (κ2) is 7.60. The minimum Gasteiger partial charge on any atom is -0.469 e. The van der Waals surface area contributed by atoms with E-state index in [9.17, 15) is 4.79 Å². The van der Waals surface area contributed by atoms with Crippen LogP contribution in [0.25, 0.3) is 11.5 Å². The number of aryl methyl sites for hydroxylation is 2. The summed E-state index contributed by atoms with van der Waals surface area (Å²) in [6.45, 7) is 3.69. The summed E-state index contributed by atoms with van der Waals surface area (Å²) in [5.74, 6) is 1.09. The first-order valence-electron chi connectivity index (χ1n) is 9.04. The van der Waals surface area contributed by atoms with Gasteiger partial charge in [-0.05, 0) is 50.3 Å². The lowest BCUT2D eigenvalue weighted by Crippen LogP contribution is -2.35. The van der Waals surface area contributed by atoms with E-state index in [0.29, 0.717) is 11.1 Å². The molecule has 1 aliphatic carbocycles. The molecule has 0 unspecified atom stereocenters. The van der Waals surface area contributed by atoms with Crippen molar-refractivity contribution in [1.29, 1.82) is 0 Å². The summed E-state index contributed by atoms with van der Waals surface area (Å²) in [5, 5.41) is 11.3. The molecule has 0 saturated carbocycles. The molecule has 1 aromatic carbocycles. The van der Waals surface area contributed by atoms with Gasteiger partial charge in [-0.25, -0.2) is 0 Å². The fraction of sp³-hybridized carbons (Fsp3) is 0.350. The highest BCUT2D eigenvalue weighted by Gasteiger charge is 2.25. The van der Waals surface area contributed by atoms with Crippen molar-refractivity contribution in [3.63, 3.8) is 0 Å². The van der Waals surface area contributed by atoms with Crippen LogP contribution in [-0.2, 0) is 11.2 Å². The molecule has 1 amide bonds. The van der Waals surface area contributed by atoms with Gasteiger partial charge in [0.1, 0.15) is 5.76 Å². The summed E-state index contributed by atoms with van der Waals surface area (Å²) in [6, 6.07) is 10.2. The summed E-state index contributed by atoms with van der Waals surface area (Å²) in [6.07, 6.45) is 4.70. The first-order valence-corrected chi connectivity index (χ1v) is 9.92. The topological polar surface area (TPSA) is 81.2 Å². The highest BCUT2D eigenvalue weighted by molar-refractivity contribution is 8.00. The van der Waals surface area contributed by atoms with E-state index >= 15 is 0 Å². The van der Waals surface area contributed by atoms with Gasteiger partial charge in [-0.3, -0.25) is 4.79 Å². The molecule has 0 fully saturated rings. The number of carbonyl (C=O) groups excluding carboxylic acids is 1. The van der Waals surface area contributed by atoms with Crippen LogP contribution in [0, 0.1) is 6.92 Å². The van der Waals surface area contributed by atoms with Gasteiger partial charge in [-0.15, -0.1) is 10.2 Å². The summed E-state index contributed by atoms with van der Waals surface area (Å²) in [7, 11) is 0. The predicted molar refractivity (Wildman–Crippen MR) is 102 cm³/mol. The van der Waals surface area contributed by atoms with Gasteiger partial charge in [0.15, 0.2) is 0 Å². The van der Waals surface area contributed by atoms with Crippen LogP contribution >= 0.6 is 11.8 Å².